The quantitative estimate of drug-likeness (QED) is 0.171. The van der Waals surface area contributed by atoms with Crippen LogP contribution in [0.15, 0.2) is 0 Å². The van der Waals surface area contributed by atoms with E-state index >= 15 is 0 Å². The van der Waals surface area contributed by atoms with Crippen molar-refractivity contribution in [2.24, 2.45) is 11.5 Å². The summed E-state index contributed by atoms with van der Waals surface area (Å²) in [5, 5.41) is 0. The molecule has 0 bridgehead atoms. The predicted octanol–water partition coefficient (Wildman–Crippen LogP) is -1.55. The highest BCUT2D eigenvalue weighted by atomic mass is 16.7. The number of rotatable bonds is 14. The molecule has 118 valence electrons. The second kappa shape index (κ2) is 11.9. The molecule has 8 heteroatoms. The number of Topliss-reactive ketones (excluding diaryl/α,β-unsaturated/α-hetero) is 1. The van der Waals surface area contributed by atoms with Crippen molar-refractivity contribution in [1.82, 2.24) is 0 Å². The Hall–Kier alpha value is -0.900. The summed E-state index contributed by atoms with van der Waals surface area (Å²) in [7, 11) is 0. The first-order valence-electron chi connectivity index (χ1n) is 6.44. The third-order valence-electron chi connectivity index (χ3n) is 2.26. The van der Waals surface area contributed by atoms with Gasteiger partial charge in [0.05, 0.1) is 39.6 Å². The number of ketones is 1. The molecule has 0 aromatic carbocycles. The molecule has 0 saturated carbocycles. The first-order chi connectivity index (χ1) is 9.63. The van der Waals surface area contributed by atoms with Crippen molar-refractivity contribution >= 4 is 12.1 Å². The van der Waals surface area contributed by atoms with Gasteiger partial charge in [-0.25, -0.2) is 0 Å². The van der Waals surface area contributed by atoms with E-state index in [1.165, 1.54) is 6.92 Å². The standard InChI is InChI=1S/C12H24N2O6/c1-11(16)12(10-15,19-8-6-17-4-2-13)20-9-7-18-5-3-14/h10H,2-9,13-14H2,1H3. The summed E-state index contributed by atoms with van der Waals surface area (Å²) in [4.78, 5) is 22.6. The van der Waals surface area contributed by atoms with Crippen molar-refractivity contribution in [3.05, 3.63) is 0 Å². The van der Waals surface area contributed by atoms with Crippen LogP contribution in [0.5, 0.6) is 0 Å². The van der Waals surface area contributed by atoms with Crippen molar-refractivity contribution in [2.75, 3.05) is 52.7 Å². The van der Waals surface area contributed by atoms with Crippen LogP contribution in [0.25, 0.3) is 0 Å². The Morgan fingerprint density at radius 3 is 1.70 bits per heavy atom. The van der Waals surface area contributed by atoms with E-state index in [9.17, 15) is 9.59 Å². The third kappa shape index (κ3) is 7.63. The maximum Gasteiger partial charge on any atom is 0.287 e. The monoisotopic (exact) mass is 292 g/mol. The van der Waals surface area contributed by atoms with Crippen LogP contribution in [-0.2, 0) is 28.5 Å². The van der Waals surface area contributed by atoms with E-state index in [1.54, 1.807) is 0 Å². The summed E-state index contributed by atoms with van der Waals surface area (Å²) in [6, 6.07) is 0. The molecule has 0 saturated heterocycles. The van der Waals surface area contributed by atoms with Crippen molar-refractivity contribution in [2.45, 2.75) is 12.7 Å². The smallest absolute Gasteiger partial charge is 0.287 e. The molecule has 0 radical (unpaired) electrons. The Balaban J connectivity index is 4.15. The lowest BCUT2D eigenvalue weighted by Gasteiger charge is -2.25. The Bertz CT molecular complexity index is 261. The summed E-state index contributed by atoms with van der Waals surface area (Å²) in [6.07, 6.45) is 0.335. The van der Waals surface area contributed by atoms with Crippen molar-refractivity contribution in [3.63, 3.8) is 0 Å². The van der Waals surface area contributed by atoms with Crippen molar-refractivity contribution in [1.29, 1.82) is 0 Å². The summed E-state index contributed by atoms with van der Waals surface area (Å²) in [6.45, 7) is 3.28. The number of carbonyl (C=O) groups excluding carboxylic acids is 2. The molecule has 0 amide bonds. The highest BCUT2D eigenvalue weighted by Gasteiger charge is 2.37. The molecule has 0 aromatic heterocycles. The van der Waals surface area contributed by atoms with E-state index in [1.807, 2.05) is 0 Å². The van der Waals surface area contributed by atoms with Crippen LogP contribution in [0, 0.1) is 0 Å². The second-order valence-corrected chi connectivity index (χ2v) is 3.84. The molecule has 0 heterocycles. The van der Waals surface area contributed by atoms with E-state index in [0.29, 0.717) is 32.6 Å². The number of hydrogen-bond acceptors (Lipinski definition) is 8. The molecule has 0 aliphatic rings. The van der Waals surface area contributed by atoms with Gasteiger partial charge in [0.1, 0.15) is 0 Å². The largest absolute Gasteiger partial charge is 0.378 e. The van der Waals surface area contributed by atoms with Crippen molar-refractivity contribution < 1.29 is 28.5 Å². The van der Waals surface area contributed by atoms with Gasteiger partial charge in [0, 0.05) is 20.0 Å². The normalized spacial score (nSPS) is 11.6. The second-order valence-electron chi connectivity index (χ2n) is 3.84. The van der Waals surface area contributed by atoms with E-state index < -0.39 is 11.6 Å². The number of aldehydes is 1. The summed E-state index contributed by atoms with van der Waals surface area (Å²) < 4.78 is 20.6. The highest BCUT2D eigenvalue weighted by molar-refractivity contribution is 5.98. The molecule has 0 unspecified atom stereocenters. The Morgan fingerprint density at radius 1 is 0.950 bits per heavy atom. The minimum absolute atomic E-state index is 0.0436. The van der Waals surface area contributed by atoms with Crippen LogP contribution in [0.3, 0.4) is 0 Å². The van der Waals surface area contributed by atoms with Crippen LogP contribution in [-0.4, -0.2) is 70.6 Å². The van der Waals surface area contributed by atoms with E-state index in [0.717, 1.165) is 0 Å². The molecule has 0 aliphatic carbocycles. The maximum absolute atomic E-state index is 11.5. The van der Waals surface area contributed by atoms with Gasteiger partial charge in [0.25, 0.3) is 5.79 Å². The highest BCUT2D eigenvalue weighted by Crippen LogP contribution is 2.12. The third-order valence-corrected chi connectivity index (χ3v) is 2.26. The molecule has 0 aliphatic heterocycles. The first-order valence-corrected chi connectivity index (χ1v) is 6.44. The van der Waals surface area contributed by atoms with Gasteiger partial charge in [-0.3, -0.25) is 9.59 Å². The molecular formula is C12H24N2O6. The van der Waals surface area contributed by atoms with Crippen molar-refractivity contribution in [3.8, 4) is 0 Å². The fourth-order valence-corrected chi connectivity index (χ4v) is 1.27. The zero-order valence-electron chi connectivity index (χ0n) is 11.8. The number of nitrogens with two attached hydrogens (primary N) is 2. The van der Waals surface area contributed by atoms with Crippen LogP contribution >= 0.6 is 0 Å². The van der Waals surface area contributed by atoms with Gasteiger partial charge >= 0.3 is 0 Å². The molecule has 0 spiro atoms. The molecule has 0 fully saturated rings. The lowest BCUT2D eigenvalue weighted by molar-refractivity contribution is -0.220. The van der Waals surface area contributed by atoms with Gasteiger partial charge < -0.3 is 30.4 Å². The summed E-state index contributed by atoms with van der Waals surface area (Å²) >= 11 is 0. The predicted molar refractivity (Wildman–Crippen MR) is 71.1 cm³/mol. The molecular weight excluding hydrogens is 268 g/mol. The Labute approximate surface area is 118 Å². The molecule has 0 aromatic rings. The number of carbonyl (C=O) groups is 2. The average molecular weight is 292 g/mol. The van der Waals surface area contributed by atoms with Gasteiger partial charge in [-0.05, 0) is 0 Å². The van der Waals surface area contributed by atoms with Gasteiger partial charge in [0.15, 0.2) is 12.1 Å². The van der Waals surface area contributed by atoms with Gasteiger partial charge in [0.2, 0.25) is 0 Å². The average Bonchev–Trinajstić information content (AvgIpc) is 2.44. The minimum Gasteiger partial charge on any atom is -0.378 e. The lowest BCUT2D eigenvalue weighted by atomic mass is 10.2. The summed E-state index contributed by atoms with van der Waals surface area (Å²) in [5.74, 6) is -2.44. The van der Waals surface area contributed by atoms with Gasteiger partial charge in [-0.2, -0.15) is 0 Å². The van der Waals surface area contributed by atoms with Crippen LogP contribution in [0.1, 0.15) is 6.92 Å². The molecule has 4 N–H and O–H groups in total. The zero-order chi connectivity index (χ0) is 15.3. The van der Waals surface area contributed by atoms with Crippen LogP contribution < -0.4 is 11.5 Å². The number of hydrogen-bond donors (Lipinski definition) is 2. The zero-order valence-corrected chi connectivity index (χ0v) is 11.8. The van der Waals surface area contributed by atoms with Crippen LogP contribution in [0.2, 0.25) is 0 Å². The fourth-order valence-electron chi connectivity index (χ4n) is 1.27. The first kappa shape index (κ1) is 19.1. The van der Waals surface area contributed by atoms with Gasteiger partial charge in [-0.1, -0.05) is 0 Å². The Kier molecular flexibility index (Phi) is 11.4. The van der Waals surface area contributed by atoms with Crippen LogP contribution in [0.4, 0.5) is 0 Å². The van der Waals surface area contributed by atoms with Gasteiger partial charge in [-0.15, -0.1) is 0 Å². The lowest BCUT2D eigenvalue weighted by Crippen LogP contribution is -2.46. The minimum atomic E-state index is -1.90. The fraction of sp³-hybridized carbons (Fsp3) is 0.833. The van der Waals surface area contributed by atoms with E-state index in [4.69, 9.17) is 30.4 Å². The number of ether oxygens (including phenoxy) is 4. The molecule has 0 atom stereocenters. The Morgan fingerprint density at radius 2 is 1.40 bits per heavy atom. The summed E-state index contributed by atoms with van der Waals surface area (Å²) in [5.41, 5.74) is 10.5. The van der Waals surface area contributed by atoms with E-state index in [-0.39, 0.29) is 26.4 Å². The molecule has 0 rings (SSSR count). The van der Waals surface area contributed by atoms with E-state index in [2.05, 4.69) is 0 Å². The molecule has 8 nitrogen and oxygen atoms in total. The molecule has 20 heavy (non-hydrogen) atoms. The SMILES string of the molecule is CC(=O)C(C=O)(OCCOCCN)OCCOCCN. The topological polar surface area (TPSA) is 123 Å². The maximum atomic E-state index is 11.5.